The van der Waals surface area contributed by atoms with E-state index in [0.717, 1.165) is 33.8 Å². The van der Waals surface area contributed by atoms with E-state index in [0.29, 0.717) is 17.9 Å². The molecule has 144 valence electrons. The minimum atomic E-state index is -0.500. The number of nitrogens with one attached hydrogen (secondary N) is 1. The van der Waals surface area contributed by atoms with Gasteiger partial charge in [-0.1, -0.05) is 6.07 Å². The number of nitrogens with two attached hydrogens (primary N) is 1. The summed E-state index contributed by atoms with van der Waals surface area (Å²) >= 11 is 0. The molecule has 29 heavy (non-hydrogen) atoms. The zero-order valence-electron chi connectivity index (χ0n) is 15.8. The van der Waals surface area contributed by atoms with Crippen molar-refractivity contribution in [1.29, 1.82) is 0 Å². The Bertz CT molecular complexity index is 1140. The number of amides is 1. The molecule has 0 unspecified atom stereocenters. The Hall–Kier alpha value is -4.00. The summed E-state index contributed by atoms with van der Waals surface area (Å²) in [5, 5.41) is 3.27. The number of nitrogens with zero attached hydrogens (tertiary/aromatic N) is 3. The monoisotopic (exact) mass is 385 g/mol. The van der Waals surface area contributed by atoms with E-state index in [9.17, 15) is 4.79 Å². The Morgan fingerprint density at radius 3 is 2.76 bits per heavy atom. The zero-order chi connectivity index (χ0) is 20.2. The number of furan rings is 1. The predicted octanol–water partition coefficient (Wildman–Crippen LogP) is 3.87. The number of carbonyl (C=O) groups excluding carboxylic acids is 1. The van der Waals surface area contributed by atoms with E-state index in [1.807, 2.05) is 43.3 Å². The summed E-state index contributed by atoms with van der Waals surface area (Å²) in [6.45, 7) is 1.95. The maximum absolute atomic E-state index is 12.0. The second-order valence-electron chi connectivity index (χ2n) is 6.54. The maximum Gasteiger partial charge on any atom is 0.249 e. The number of anilines is 2. The quantitative estimate of drug-likeness (QED) is 0.522. The molecule has 7 nitrogen and oxygen atoms in total. The van der Waals surface area contributed by atoms with Gasteiger partial charge in [0.1, 0.15) is 5.76 Å². The number of hydrogen-bond donors (Lipinski definition) is 2. The summed E-state index contributed by atoms with van der Waals surface area (Å²) in [5.41, 5.74) is 10.1. The Morgan fingerprint density at radius 2 is 2.03 bits per heavy atom. The van der Waals surface area contributed by atoms with Gasteiger partial charge in [0.15, 0.2) is 0 Å². The molecule has 0 aliphatic carbocycles. The lowest BCUT2D eigenvalue weighted by Gasteiger charge is -2.16. The van der Waals surface area contributed by atoms with E-state index < -0.39 is 5.91 Å². The summed E-state index contributed by atoms with van der Waals surface area (Å²) in [5.74, 6) is 0.641. The molecule has 4 rings (SSSR count). The minimum Gasteiger partial charge on any atom is -0.469 e. The first-order chi connectivity index (χ1) is 14.1. The summed E-state index contributed by atoms with van der Waals surface area (Å²) in [6.07, 6.45) is 7.15. The highest BCUT2D eigenvalue weighted by atomic mass is 16.3. The Labute approximate surface area is 167 Å². The van der Waals surface area contributed by atoms with Crippen molar-refractivity contribution in [1.82, 2.24) is 15.0 Å². The van der Waals surface area contributed by atoms with Crippen LogP contribution in [-0.4, -0.2) is 20.9 Å². The van der Waals surface area contributed by atoms with Gasteiger partial charge in [-0.2, -0.15) is 0 Å². The molecule has 1 amide bonds. The van der Waals surface area contributed by atoms with E-state index in [-0.39, 0.29) is 0 Å². The SMILES string of the molecule is Cc1ccc(C(N)=O)c(Cc2ccco2)c1Nc1nccc(-c2cccnc2)n1. The molecule has 3 heterocycles. The number of primary amides is 1. The molecule has 3 N–H and O–H groups in total. The molecular formula is C22H19N5O2. The number of benzene rings is 1. The van der Waals surface area contributed by atoms with Gasteiger partial charge < -0.3 is 15.5 Å². The third-order valence-electron chi connectivity index (χ3n) is 4.57. The lowest BCUT2D eigenvalue weighted by molar-refractivity contribution is 0.0999. The van der Waals surface area contributed by atoms with Crippen LogP contribution >= 0.6 is 0 Å². The first-order valence-electron chi connectivity index (χ1n) is 9.07. The average Bonchev–Trinajstić information content (AvgIpc) is 3.24. The molecule has 0 aliphatic rings. The fourth-order valence-electron chi connectivity index (χ4n) is 3.15. The van der Waals surface area contributed by atoms with Gasteiger partial charge >= 0.3 is 0 Å². The molecule has 7 heteroatoms. The van der Waals surface area contributed by atoms with Gasteiger partial charge in [0.25, 0.3) is 0 Å². The van der Waals surface area contributed by atoms with E-state index in [1.54, 1.807) is 30.9 Å². The molecule has 0 aliphatic heterocycles. The number of rotatable bonds is 6. The smallest absolute Gasteiger partial charge is 0.249 e. The highest BCUT2D eigenvalue weighted by Crippen LogP contribution is 2.29. The second-order valence-corrected chi connectivity index (χ2v) is 6.54. The van der Waals surface area contributed by atoms with Crippen molar-refractivity contribution in [3.63, 3.8) is 0 Å². The first kappa shape index (κ1) is 18.4. The van der Waals surface area contributed by atoms with Crippen LogP contribution in [-0.2, 0) is 6.42 Å². The van der Waals surface area contributed by atoms with Crippen LogP contribution in [0, 0.1) is 6.92 Å². The maximum atomic E-state index is 12.0. The van der Waals surface area contributed by atoms with Gasteiger partial charge in [0.2, 0.25) is 11.9 Å². The lowest BCUT2D eigenvalue weighted by atomic mass is 9.97. The van der Waals surface area contributed by atoms with Gasteiger partial charge in [-0.05, 0) is 54.4 Å². The van der Waals surface area contributed by atoms with Gasteiger partial charge in [0, 0.05) is 41.8 Å². The summed E-state index contributed by atoms with van der Waals surface area (Å²) < 4.78 is 5.48. The predicted molar refractivity (Wildman–Crippen MR) is 110 cm³/mol. The third-order valence-corrected chi connectivity index (χ3v) is 4.57. The molecular weight excluding hydrogens is 366 g/mol. The van der Waals surface area contributed by atoms with E-state index >= 15 is 0 Å². The van der Waals surface area contributed by atoms with Crippen molar-refractivity contribution >= 4 is 17.5 Å². The minimum absolute atomic E-state index is 0.414. The van der Waals surface area contributed by atoms with Crippen molar-refractivity contribution in [2.75, 3.05) is 5.32 Å². The number of hydrogen-bond acceptors (Lipinski definition) is 6. The van der Waals surface area contributed by atoms with Crippen molar-refractivity contribution < 1.29 is 9.21 Å². The Kier molecular flexibility index (Phi) is 5.03. The van der Waals surface area contributed by atoms with Crippen LogP contribution in [0.2, 0.25) is 0 Å². The first-order valence-corrected chi connectivity index (χ1v) is 9.07. The second kappa shape index (κ2) is 7.93. The van der Waals surface area contributed by atoms with Gasteiger partial charge in [0.05, 0.1) is 12.0 Å². The molecule has 0 radical (unpaired) electrons. The van der Waals surface area contributed by atoms with Crippen LogP contribution in [0.3, 0.4) is 0 Å². The van der Waals surface area contributed by atoms with E-state index in [1.165, 1.54) is 0 Å². The molecule has 0 atom stereocenters. The molecule has 4 aromatic rings. The van der Waals surface area contributed by atoms with Gasteiger partial charge in [-0.15, -0.1) is 0 Å². The van der Waals surface area contributed by atoms with Crippen LogP contribution in [0.25, 0.3) is 11.3 Å². The lowest BCUT2D eigenvalue weighted by Crippen LogP contribution is -2.16. The van der Waals surface area contributed by atoms with Crippen molar-refractivity contribution in [3.8, 4) is 11.3 Å². The Morgan fingerprint density at radius 1 is 1.14 bits per heavy atom. The number of carbonyl (C=O) groups is 1. The fourth-order valence-corrected chi connectivity index (χ4v) is 3.15. The number of aryl methyl sites for hydroxylation is 1. The van der Waals surface area contributed by atoms with Crippen molar-refractivity contribution in [2.45, 2.75) is 13.3 Å². The summed E-state index contributed by atoms with van der Waals surface area (Å²) in [4.78, 5) is 25.1. The van der Waals surface area contributed by atoms with Crippen LogP contribution in [0.1, 0.15) is 27.2 Å². The van der Waals surface area contributed by atoms with Crippen molar-refractivity contribution in [2.24, 2.45) is 5.73 Å². The fraction of sp³-hybridized carbons (Fsp3) is 0.0909. The van der Waals surface area contributed by atoms with Gasteiger partial charge in [-0.3, -0.25) is 9.78 Å². The van der Waals surface area contributed by atoms with Crippen LogP contribution in [0.5, 0.6) is 0 Å². The van der Waals surface area contributed by atoms with E-state index in [2.05, 4.69) is 20.3 Å². The average molecular weight is 385 g/mol. The highest BCUT2D eigenvalue weighted by Gasteiger charge is 2.17. The van der Waals surface area contributed by atoms with Crippen LogP contribution < -0.4 is 11.1 Å². The summed E-state index contributed by atoms with van der Waals surface area (Å²) in [7, 11) is 0. The molecule has 1 aromatic carbocycles. The third kappa shape index (κ3) is 3.98. The number of pyridine rings is 1. The molecule has 0 saturated heterocycles. The normalized spacial score (nSPS) is 10.7. The Balaban J connectivity index is 1.75. The zero-order valence-corrected chi connectivity index (χ0v) is 15.8. The topological polar surface area (TPSA) is 107 Å². The molecule has 3 aromatic heterocycles. The highest BCUT2D eigenvalue weighted by molar-refractivity contribution is 5.96. The van der Waals surface area contributed by atoms with Crippen molar-refractivity contribution in [3.05, 3.63) is 89.8 Å². The molecule has 0 fully saturated rings. The largest absolute Gasteiger partial charge is 0.469 e. The standard InChI is InChI=1S/C22H19N5O2/c1-14-6-7-17(21(23)28)18(12-16-5-3-11-29-16)20(14)27-22-25-10-8-19(26-22)15-4-2-9-24-13-15/h2-11,13H,12H2,1H3,(H2,23,28)(H,25,26,27). The number of aromatic nitrogens is 3. The summed E-state index contributed by atoms with van der Waals surface area (Å²) in [6, 6.07) is 12.8. The molecule has 0 saturated carbocycles. The van der Waals surface area contributed by atoms with E-state index in [4.69, 9.17) is 10.2 Å². The van der Waals surface area contributed by atoms with Crippen LogP contribution in [0.4, 0.5) is 11.6 Å². The van der Waals surface area contributed by atoms with Crippen LogP contribution in [0.15, 0.2) is 71.7 Å². The molecule has 0 spiro atoms. The molecule has 0 bridgehead atoms. The van der Waals surface area contributed by atoms with Gasteiger partial charge in [-0.25, -0.2) is 9.97 Å².